The number of benzene rings is 1. The van der Waals surface area contributed by atoms with Crippen molar-refractivity contribution in [2.45, 2.75) is 32.7 Å². The molecule has 0 bridgehead atoms. The topological polar surface area (TPSA) is 125 Å². The van der Waals surface area contributed by atoms with Crippen LogP contribution in [0, 0.1) is 0 Å². The summed E-state index contributed by atoms with van der Waals surface area (Å²) in [5.41, 5.74) is -0.738. The molecule has 0 spiro atoms. The molecule has 0 heterocycles. The van der Waals surface area contributed by atoms with Crippen LogP contribution in [0.3, 0.4) is 0 Å². The molecular formula is C15H21NO7. The molecule has 23 heavy (non-hydrogen) atoms. The van der Waals surface area contributed by atoms with E-state index in [0.29, 0.717) is 0 Å². The van der Waals surface area contributed by atoms with Crippen LogP contribution in [0.1, 0.15) is 43.0 Å². The second kappa shape index (κ2) is 7.80. The highest BCUT2D eigenvalue weighted by Gasteiger charge is 2.16. The Kier molecular flexibility index (Phi) is 6.35. The number of carbonyl (C=O) groups excluding carboxylic acids is 1. The molecule has 8 nitrogen and oxygen atoms in total. The van der Waals surface area contributed by atoms with Crippen molar-refractivity contribution < 1.29 is 34.4 Å². The number of rotatable bonds is 6. The van der Waals surface area contributed by atoms with Gasteiger partial charge in [-0.15, -0.1) is 0 Å². The zero-order valence-corrected chi connectivity index (χ0v) is 13.2. The molecule has 0 saturated heterocycles. The fraction of sp³-hybridized carbons (Fsp3) is 0.467. The van der Waals surface area contributed by atoms with Crippen LogP contribution in [-0.4, -0.2) is 46.1 Å². The van der Waals surface area contributed by atoms with Gasteiger partial charge in [-0.05, 0) is 39.0 Å². The first-order valence-electron chi connectivity index (χ1n) is 6.92. The number of hydrogen-bond acceptors (Lipinski definition) is 6. The van der Waals surface area contributed by atoms with E-state index >= 15 is 0 Å². The number of aromatic carboxylic acids is 1. The molecule has 0 radical (unpaired) electrons. The van der Waals surface area contributed by atoms with Crippen molar-refractivity contribution >= 4 is 12.1 Å². The highest BCUT2D eigenvalue weighted by atomic mass is 16.6. The number of aliphatic hydroxyl groups is 2. The molecule has 0 aliphatic carbocycles. The van der Waals surface area contributed by atoms with Gasteiger partial charge in [0.25, 0.3) is 0 Å². The Bertz CT molecular complexity index is 563. The Balaban J connectivity index is 2.57. The predicted molar refractivity (Wildman–Crippen MR) is 80.3 cm³/mol. The molecule has 0 aliphatic heterocycles. The summed E-state index contributed by atoms with van der Waals surface area (Å²) in [4.78, 5) is 22.4. The number of nitrogens with one attached hydrogen (secondary N) is 1. The average molecular weight is 327 g/mol. The lowest BCUT2D eigenvalue weighted by molar-refractivity contribution is -0.0426. The van der Waals surface area contributed by atoms with Gasteiger partial charge in [-0.3, -0.25) is 0 Å². The van der Waals surface area contributed by atoms with Gasteiger partial charge in [0, 0.05) is 5.56 Å². The van der Waals surface area contributed by atoms with Crippen LogP contribution in [0.2, 0.25) is 0 Å². The second-order valence-electron chi connectivity index (χ2n) is 5.75. The number of carbonyl (C=O) groups is 2. The molecule has 0 saturated carbocycles. The van der Waals surface area contributed by atoms with Gasteiger partial charge in [-0.25, -0.2) is 9.59 Å². The normalized spacial score (nSPS) is 11.2. The van der Waals surface area contributed by atoms with Crippen LogP contribution in [0.15, 0.2) is 18.2 Å². The average Bonchev–Trinajstić information content (AvgIpc) is 2.41. The highest BCUT2D eigenvalue weighted by molar-refractivity contribution is 5.88. The van der Waals surface area contributed by atoms with E-state index in [-0.39, 0.29) is 30.0 Å². The van der Waals surface area contributed by atoms with Crippen LogP contribution < -0.4 is 10.1 Å². The van der Waals surface area contributed by atoms with Crippen LogP contribution in [-0.2, 0) is 4.74 Å². The van der Waals surface area contributed by atoms with Gasteiger partial charge in [0.1, 0.15) is 18.0 Å². The third-order valence-corrected chi connectivity index (χ3v) is 2.51. The molecule has 1 amide bonds. The fourth-order valence-corrected chi connectivity index (χ4v) is 1.61. The minimum atomic E-state index is -1.81. The second-order valence-corrected chi connectivity index (χ2v) is 5.75. The van der Waals surface area contributed by atoms with E-state index in [2.05, 4.69) is 5.32 Å². The maximum atomic E-state index is 11.4. The van der Waals surface area contributed by atoms with E-state index in [1.807, 2.05) is 0 Å². The van der Waals surface area contributed by atoms with Crippen molar-refractivity contribution in [1.82, 2.24) is 5.32 Å². The van der Waals surface area contributed by atoms with Gasteiger partial charge in [-0.1, -0.05) is 0 Å². The summed E-state index contributed by atoms with van der Waals surface area (Å²) in [6.07, 6.45) is -2.40. The summed E-state index contributed by atoms with van der Waals surface area (Å²) in [6.45, 7) is 5.42. The summed E-state index contributed by atoms with van der Waals surface area (Å²) in [6, 6.07) is 3.70. The first-order chi connectivity index (χ1) is 10.6. The quantitative estimate of drug-likeness (QED) is 0.458. The van der Waals surface area contributed by atoms with E-state index in [0.717, 1.165) is 6.07 Å². The summed E-state index contributed by atoms with van der Waals surface area (Å²) in [5, 5.41) is 29.7. The third kappa shape index (κ3) is 6.98. The standard InChI is InChI=1S/C15H21NO7/c1-15(2,3)23-14(21)16-4-5-22-11-7-9(12(17)18)6-10(8-11)13(19)20/h6-8,12,17-18H,4-5H2,1-3H3,(H,16,21)(H,19,20). The molecule has 1 aromatic rings. The molecular weight excluding hydrogens is 306 g/mol. The van der Waals surface area contributed by atoms with Gasteiger partial charge in [-0.2, -0.15) is 0 Å². The number of ether oxygens (including phenoxy) is 2. The number of carboxylic acid groups (broad SMARTS) is 1. The monoisotopic (exact) mass is 327 g/mol. The maximum Gasteiger partial charge on any atom is 0.407 e. The van der Waals surface area contributed by atoms with E-state index < -0.39 is 24.0 Å². The molecule has 0 fully saturated rings. The summed E-state index contributed by atoms with van der Waals surface area (Å²) in [5.74, 6) is -1.07. The van der Waals surface area contributed by atoms with Crippen LogP contribution >= 0.6 is 0 Å². The Morgan fingerprint density at radius 2 is 1.87 bits per heavy atom. The van der Waals surface area contributed by atoms with Crippen molar-refractivity contribution in [1.29, 1.82) is 0 Å². The van der Waals surface area contributed by atoms with Gasteiger partial charge < -0.3 is 30.1 Å². The molecule has 4 N–H and O–H groups in total. The first kappa shape index (κ1) is 18.7. The van der Waals surface area contributed by atoms with Gasteiger partial charge in [0.15, 0.2) is 6.29 Å². The molecule has 0 unspecified atom stereocenters. The highest BCUT2D eigenvalue weighted by Crippen LogP contribution is 2.21. The predicted octanol–water partition coefficient (Wildman–Crippen LogP) is 1.27. The molecule has 128 valence electrons. The Morgan fingerprint density at radius 3 is 2.39 bits per heavy atom. The van der Waals surface area contributed by atoms with Crippen molar-refractivity contribution in [3.63, 3.8) is 0 Å². The van der Waals surface area contributed by atoms with E-state index in [1.165, 1.54) is 12.1 Å². The third-order valence-electron chi connectivity index (χ3n) is 2.51. The summed E-state index contributed by atoms with van der Waals surface area (Å²) >= 11 is 0. The van der Waals surface area contributed by atoms with Gasteiger partial charge in [0.05, 0.1) is 12.1 Å². The SMILES string of the molecule is CC(C)(C)OC(=O)NCCOc1cc(C(=O)O)cc(C(O)O)c1. The Hall–Kier alpha value is -2.32. The minimum absolute atomic E-state index is 0.00000137. The lowest BCUT2D eigenvalue weighted by atomic mass is 10.1. The first-order valence-corrected chi connectivity index (χ1v) is 6.92. The summed E-state index contributed by atoms with van der Waals surface area (Å²) < 4.78 is 10.4. The maximum absolute atomic E-state index is 11.4. The molecule has 1 rings (SSSR count). The van der Waals surface area contributed by atoms with E-state index in [1.54, 1.807) is 20.8 Å². The Morgan fingerprint density at radius 1 is 1.22 bits per heavy atom. The minimum Gasteiger partial charge on any atom is -0.492 e. The van der Waals surface area contributed by atoms with Crippen molar-refractivity contribution in [2.75, 3.05) is 13.2 Å². The van der Waals surface area contributed by atoms with Gasteiger partial charge >= 0.3 is 12.1 Å². The Labute approximate surface area is 133 Å². The number of hydrogen-bond donors (Lipinski definition) is 4. The zero-order chi connectivity index (χ0) is 17.6. The van der Waals surface area contributed by atoms with Crippen molar-refractivity contribution in [3.05, 3.63) is 29.3 Å². The number of carboxylic acids is 1. The fourth-order valence-electron chi connectivity index (χ4n) is 1.61. The lowest BCUT2D eigenvalue weighted by Crippen LogP contribution is -2.34. The molecule has 8 heteroatoms. The number of amides is 1. The molecule has 1 aromatic carbocycles. The molecule has 0 aromatic heterocycles. The zero-order valence-electron chi connectivity index (χ0n) is 13.2. The van der Waals surface area contributed by atoms with Crippen LogP contribution in [0.25, 0.3) is 0 Å². The summed E-state index contributed by atoms with van der Waals surface area (Å²) in [7, 11) is 0. The van der Waals surface area contributed by atoms with E-state index in [9.17, 15) is 9.59 Å². The number of alkyl carbamates (subject to hydrolysis) is 1. The van der Waals surface area contributed by atoms with Crippen LogP contribution in [0.5, 0.6) is 5.75 Å². The largest absolute Gasteiger partial charge is 0.492 e. The molecule has 0 aliphatic rings. The number of aliphatic hydroxyl groups excluding tert-OH is 1. The van der Waals surface area contributed by atoms with Crippen LogP contribution in [0.4, 0.5) is 4.79 Å². The van der Waals surface area contributed by atoms with Crippen molar-refractivity contribution in [3.8, 4) is 5.75 Å². The lowest BCUT2D eigenvalue weighted by Gasteiger charge is -2.19. The van der Waals surface area contributed by atoms with E-state index in [4.69, 9.17) is 24.8 Å². The molecule has 0 atom stereocenters. The van der Waals surface area contributed by atoms with Gasteiger partial charge in [0.2, 0.25) is 0 Å². The van der Waals surface area contributed by atoms with Crippen molar-refractivity contribution in [2.24, 2.45) is 0 Å². The smallest absolute Gasteiger partial charge is 0.407 e.